The van der Waals surface area contributed by atoms with Gasteiger partial charge in [-0.2, -0.15) is 0 Å². The maximum Gasteiger partial charge on any atom is 0.231 e. The molecule has 1 fully saturated rings. The number of aromatic amines is 1. The molecule has 0 radical (unpaired) electrons. The van der Waals surface area contributed by atoms with Crippen LogP contribution in [0.2, 0.25) is 0 Å². The number of aromatic nitrogens is 5. The largest absolute Gasteiger partial charge is 0.354 e. The van der Waals surface area contributed by atoms with Crippen LogP contribution >= 0.6 is 0 Å². The number of nitrogens with zero attached hydrogens (tertiary/aromatic N) is 6. The average molecular weight is 440 g/mol. The van der Waals surface area contributed by atoms with Gasteiger partial charge in [-0.1, -0.05) is 6.07 Å². The summed E-state index contributed by atoms with van der Waals surface area (Å²) < 4.78 is 0. The van der Waals surface area contributed by atoms with Crippen molar-refractivity contribution in [2.75, 3.05) is 36.4 Å². The summed E-state index contributed by atoms with van der Waals surface area (Å²) in [5.74, 6) is 1.46. The van der Waals surface area contributed by atoms with Gasteiger partial charge in [0.2, 0.25) is 11.6 Å². The van der Waals surface area contributed by atoms with Gasteiger partial charge in [0.25, 0.3) is 0 Å². The Bertz CT molecular complexity index is 1310. The first-order valence-electron chi connectivity index (χ1n) is 11.0. The highest BCUT2D eigenvalue weighted by molar-refractivity contribution is 5.96. The van der Waals surface area contributed by atoms with Gasteiger partial charge >= 0.3 is 0 Å². The number of nitrogens with one attached hydrogen (secondary N) is 3. The molecule has 5 rings (SSSR count). The van der Waals surface area contributed by atoms with Gasteiger partial charge in [-0.3, -0.25) is 0 Å². The van der Waals surface area contributed by atoms with Crippen molar-refractivity contribution in [2.45, 2.75) is 19.9 Å². The van der Waals surface area contributed by atoms with Crippen molar-refractivity contribution in [1.29, 1.82) is 0 Å². The van der Waals surface area contributed by atoms with Crippen LogP contribution in [-0.4, -0.2) is 51.1 Å². The minimum absolute atomic E-state index is 0.0481. The Morgan fingerprint density at radius 3 is 2.73 bits per heavy atom. The molecule has 33 heavy (non-hydrogen) atoms. The molecule has 5 heterocycles. The van der Waals surface area contributed by atoms with E-state index in [9.17, 15) is 0 Å². The summed E-state index contributed by atoms with van der Waals surface area (Å²) in [6, 6.07) is 6.15. The lowest BCUT2D eigenvalue weighted by molar-refractivity contribution is 0.585. The molecule has 1 saturated heterocycles. The van der Waals surface area contributed by atoms with Crippen molar-refractivity contribution < 1.29 is 0 Å². The molecular weight excluding hydrogens is 414 g/mol. The van der Waals surface area contributed by atoms with E-state index in [1.807, 2.05) is 38.5 Å². The van der Waals surface area contributed by atoms with Gasteiger partial charge in [0, 0.05) is 61.9 Å². The van der Waals surface area contributed by atoms with Gasteiger partial charge in [0.1, 0.15) is 11.5 Å². The van der Waals surface area contributed by atoms with Gasteiger partial charge in [0.05, 0.1) is 18.3 Å². The fourth-order valence-corrected chi connectivity index (χ4v) is 4.04. The van der Waals surface area contributed by atoms with Crippen LogP contribution in [0.15, 0.2) is 43.0 Å². The zero-order valence-electron chi connectivity index (χ0n) is 18.6. The predicted molar refractivity (Wildman–Crippen MR) is 129 cm³/mol. The van der Waals surface area contributed by atoms with Crippen molar-refractivity contribution in [2.24, 2.45) is 0 Å². The number of rotatable bonds is 5. The molecule has 1 aliphatic heterocycles. The smallest absolute Gasteiger partial charge is 0.231 e. The number of anilines is 2. The number of hydrogen-bond donors (Lipinski definition) is 3. The number of piperazine rings is 1. The van der Waals surface area contributed by atoms with Crippen LogP contribution in [0.4, 0.5) is 17.5 Å². The zero-order valence-corrected chi connectivity index (χ0v) is 18.6. The first-order chi connectivity index (χ1) is 16.1. The lowest BCUT2D eigenvalue weighted by Gasteiger charge is -2.28. The van der Waals surface area contributed by atoms with Crippen LogP contribution in [0, 0.1) is 13.5 Å². The Morgan fingerprint density at radius 2 is 1.97 bits per heavy atom. The molecule has 1 atom stereocenters. The topological polar surface area (TPSA) is 99.0 Å². The van der Waals surface area contributed by atoms with Gasteiger partial charge in [0.15, 0.2) is 0 Å². The SMILES string of the molecule is [C-]#[N+]c1cnc(NC(C)c2ccc(N3CCNCC3)nc2)nc1-c1c[nH]c2ncc(C)cc12. The minimum atomic E-state index is -0.0481. The Balaban J connectivity index is 1.40. The third kappa shape index (κ3) is 4.21. The van der Waals surface area contributed by atoms with E-state index in [0.717, 1.165) is 59.7 Å². The number of pyridine rings is 2. The molecule has 0 aromatic carbocycles. The van der Waals surface area contributed by atoms with Gasteiger partial charge in [-0.25, -0.2) is 24.8 Å². The summed E-state index contributed by atoms with van der Waals surface area (Å²) in [4.78, 5) is 27.3. The maximum absolute atomic E-state index is 7.57. The second kappa shape index (κ2) is 8.84. The van der Waals surface area contributed by atoms with E-state index in [4.69, 9.17) is 11.6 Å². The predicted octanol–water partition coefficient (Wildman–Crippen LogP) is 3.86. The molecule has 1 unspecified atom stereocenters. The molecule has 0 amide bonds. The highest BCUT2D eigenvalue weighted by Crippen LogP contribution is 2.34. The molecule has 9 nitrogen and oxygen atoms in total. The van der Waals surface area contributed by atoms with Crippen molar-refractivity contribution in [3.63, 3.8) is 0 Å². The van der Waals surface area contributed by atoms with E-state index in [0.29, 0.717) is 17.3 Å². The fourth-order valence-electron chi connectivity index (χ4n) is 4.04. The number of H-pyrrole nitrogens is 1. The average Bonchev–Trinajstić information content (AvgIpc) is 3.27. The quantitative estimate of drug-likeness (QED) is 0.406. The fraction of sp³-hybridized carbons (Fsp3) is 0.292. The van der Waals surface area contributed by atoms with Crippen molar-refractivity contribution >= 4 is 28.5 Å². The molecule has 166 valence electrons. The third-order valence-electron chi connectivity index (χ3n) is 5.87. The van der Waals surface area contributed by atoms with E-state index in [1.165, 1.54) is 0 Å². The normalized spacial score (nSPS) is 14.8. The highest BCUT2D eigenvalue weighted by Gasteiger charge is 2.17. The van der Waals surface area contributed by atoms with Crippen molar-refractivity contribution in [1.82, 2.24) is 30.2 Å². The van der Waals surface area contributed by atoms with Crippen LogP contribution in [0.1, 0.15) is 24.1 Å². The first kappa shape index (κ1) is 20.8. The van der Waals surface area contributed by atoms with E-state index < -0.39 is 0 Å². The van der Waals surface area contributed by atoms with E-state index >= 15 is 0 Å². The summed E-state index contributed by atoms with van der Waals surface area (Å²) in [7, 11) is 0. The maximum atomic E-state index is 7.57. The van der Waals surface area contributed by atoms with Crippen LogP contribution in [0.5, 0.6) is 0 Å². The zero-order chi connectivity index (χ0) is 22.8. The molecule has 9 heteroatoms. The molecule has 0 bridgehead atoms. The Kier molecular flexibility index (Phi) is 5.59. The van der Waals surface area contributed by atoms with Crippen LogP contribution in [-0.2, 0) is 0 Å². The van der Waals surface area contributed by atoms with Crippen LogP contribution in [0.25, 0.3) is 27.1 Å². The monoisotopic (exact) mass is 439 g/mol. The van der Waals surface area contributed by atoms with E-state index in [1.54, 1.807) is 6.20 Å². The van der Waals surface area contributed by atoms with Gasteiger partial charge < -0.3 is 20.5 Å². The summed E-state index contributed by atoms with van der Waals surface area (Å²) >= 11 is 0. The van der Waals surface area contributed by atoms with Crippen molar-refractivity contribution in [3.8, 4) is 11.3 Å². The summed E-state index contributed by atoms with van der Waals surface area (Å²) in [5, 5.41) is 7.65. The Hall–Kier alpha value is -4.03. The number of hydrogen-bond acceptors (Lipinski definition) is 7. The second-order valence-corrected chi connectivity index (χ2v) is 8.20. The summed E-state index contributed by atoms with van der Waals surface area (Å²) in [6.45, 7) is 15.5. The molecule has 3 N–H and O–H groups in total. The molecule has 0 spiro atoms. The first-order valence-corrected chi connectivity index (χ1v) is 11.0. The van der Waals surface area contributed by atoms with Gasteiger partial charge in [-0.05, 0) is 37.1 Å². The van der Waals surface area contributed by atoms with E-state index in [-0.39, 0.29) is 6.04 Å². The molecule has 0 aliphatic carbocycles. The molecule has 4 aromatic rings. The van der Waals surface area contributed by atoms with Crippen LogP contribution in [0.3, 0.4) is 0 Å². The summed E-state index contributed by atoms with van der Waals surface area (Å²) in [6.07, 6.45) is 7.13. The van der Waals surface area contributed by atoms with Crippen molar-refractivity contribution in [3.05, 3.63) is 65.5 Å². The highest BCUT2D eigenvalue weighted by atomic mass is 15.2. The lowest BCUT2D eigenvalue weighted by Crippen LogP contribution is -2.43. The third-order valence-corrected chi connectivity index (χ3v) is 5.87. The summed E-state index contributed by atoms with van der Waals surface area (Å²) in [5.41, 5.74) is 4.68. The Labute approximate surface area is 192 Å². The molecular formula is C24H25N9. The number of fused-ring (bicyclic) bond motifs is 1. The Morgan fingerprint density at radius 1 is 1.12 bits per heavy atom. The lowest BCUT2D eigenvalue weighted by atomic mass is 10.1. The second-order valence-electron chi connectivity index (χ2n) is 8.20. The van der Waals surface area contributed by atoms with Gasteiger partial charge in [-0.15, -0.1) is 0 Å². The standard InChI is InChI=1S/C24H25N9/c1-15-10-18-19(13-29-23(18)28-11-15)22-20(25-3)14-30-24(32-22)31-16(2)17-4-5-21(27-12-17)33-8-6-26-7-9-33/h4-5,10-14,16,26H,6-9H2,1-2H3,(H,28,29)(H,30,31,32). The number of aryl methyl sites for hydroxylation is 1. The molecule has 0 saturated carbocycles. The van der Waals surface area contributed by atoms with Crippen LogP contribution < -0.4 is 15.5 Å². The molecule has 4 aromatic heterocycles. The van der Waals surface area contributed by atoms with E-state index in [2.05, 4.69) is 52.4 Å². The molecule has 1 aliphatic rings. The minimum Gasteiger partial charge on any atom is -0.354 e.